The Morgan fingerprint density at radius 1 is 1.33 bits per heavy atom. The number of aliphatic hydroxyl groups excluding tert-OH is 1. The molecule has 2 aliphatic rings. The first-order valence-corrected chi connectivity index (χ1v) is 6.41. The van der Waals surface area contributed by atoms with Crippen molar-refractivity contribution in [3.63, 3.8) is 0 Å². The van der Waals surface area contributed by atoms with E-state index in [1.54, 1.807) is 4.90 Å². The molecule has 0 aromatic heterocycles. The van der Waals surface area contributed by atoms with Gasteiger partial charge in [-0.05, 0) is 18.4 Å². The van der Waals surface area contributed by atoms with Crippen molar-refractivity contribution in [2.75, 3.05) is 6.61 Å². The van der Waals surface area contributed by atoms with Gasteiger partial charge in [-0.15, -0.1) is 0 Å². The summed E-state index contributed by atoms with van der Waals surface area (Å²) in [6.45, 7) is 1.20. The van der Waals surface area contributed by atoms with Crippen LogP contribution >= 0.6 is 0 Å². The average molecular weight is 247 g/mol. The average Bonchev–Trinajstić information content (AvgIpc) is 2.66. The molecule has 3 atom stereocenters. The second-order valence-corrected chi connectivity index (χ2v) is 4.94. The van der Waals surface area contributed by atoms with Crippen molar-refractivity contribution < 1.29 is 14.6 Å². The molecule has 0 saturated carbocycles. The predicted molar refractivity (Wildman–Crippen MR) is 65.8 cm³/mol. The summed E-state index contributed by atoms with van der Waals surface area (Å²) in [4.78, 5) is 13.8. The Kier molecular flexibility index (Phi) is 3.06. The molecule has 0 bridgehead atoms. The molecular formula is C14H17NO3. The Hall–Kier alpha value is -1.39. The number of carbonyl (C=O) groups is 1. The van der Waals surface area contributed by atoms with E-state index in [-0.39, 0.29) is 18.1 Å². The Morgan fingerprint density at radius 3 is 2.89 bits per heavy atom. The van der Waals surface area contributed by atoms with E-state index in [2.05, 4.69) is 0 Å². The lowest BCUT2D eigenvalue weighted by Crippen LogP contribution is -2.41. The second kappa shape index (κ2) is 4.71. The van der Waals surface area contributed by atoms with E-state index in [0.717, 1.165) is 18.4 Å². The van der Waals surface area contributed by atoms with Crippen LogP contribution in [-0.2, 0) is 16.1 Å². The fourth-order valence-electron chi connectivity index (χ4n) is 2.87. The summed E-state index contributed by atoms with van der Waals surface area (Å²) in [6.07, 6.45) is 0.543. The third-order valence-corrected chi connectivity index (χ3v) is 3.78. The Labute approximate surface area is 106 Å². The summed E-state index contributed by atoms with van der Waals surface area (Å²) in [5.74, 6) is -0.198. The number of hydrogen-bond acceptors (Lipinski definition) is 3. The lowest BCUT2D eigenvalue weighted by atomic mass is 10.0. The highest BCUT2D eigenvalue weighted by atomic mass is 16.5. The van der Waals surface area contributed by atoms with Crippen molar-refractivity contribution in [3.05, 3.63) is 35.9 Å². The van der Waals surface area contributed by atoms with E-state index in [0.29, 0.717) is 13.2 Å². The van der Waals surface area contributed by atoms with Gasteiger partial charge in [0.1, 0.15) is 6.10 Å². The van der Waals surface area contributed by atoms with Gasteiger partial charge in [0.2, 0.25) is 0 Å². The van der Waals surface area contributed by atoms with Gasteiger partial charge in [0, 0.05) is 13.2 Å². The highest BCUT2D eigenvalue weighted by molar-refractivity contribution is 5.84. The molecule has 4 heteroatoms. The van der Waals surface area contributed by atoms with E-state index in [4.69, 9.17) is 4.74 Å². The smallest absolute Gasteiger partial charge is 0.254 e. The molecule has 2 saturated heterocycles. The van der Waals surface area contributed by atoms with E-state index >= 15 is 0 Å². The molecule has 2 fully saturated rings. The minimum absolute atomic E-state index is 0.0291. The lowest BCUT2D eigenvalue weighted by Gasteiger charge is -2.31. The summed E-state index contributed by atoms with van der Waals surface area (Å²) in [7, 11) is 0. The van der Waals surface area contributed by atoms with Gasteiger partial charge in [-0.25, -0.2) is 0 Å². The molecule has 96 valence electrons. The number of benzene rings is 1. The van der Waals surface area contributed by atoms with Gasteiger partial charge in [0.05, 0.1) is 6.04 Å². The van der Waals surface area contributed by atoms with Crippen molar-refractivity contribution in [2.45, 2.75) is 37.6 Å². The van der Waals surface area contributed by atoms with Gasteiger partial charge < -0.3 is 14.7 Å². The quantitative estimate of drug-likeness (QED) is 0.846. The van der Waals surface area contributed by atoms with Crippen LogP contribution in [0.5, 0.6) is 0 Å². The van der Waals surface area contributed by atoms with E-state index in [9.17, 15) is 9.90 Å². The Balaban J connectivity index is 1.80. The maximum atomic E-state index is 12.1. The predicted octanol–water partition coefficient (Wildman–Crippen LogP) is 0.937. The monoisotopic (exact) mass is 247 g/mol. The number of ether oxygens (including phenoxy) is 1. The number of nitrogens with zero attached hydrogens (tertiary/aromatic N) is 1. The van der Waals surface area contributed by atoms with Crippen LogP contribution < -0.4 is 0 Å². The van der Waals surface area contributed by atoms with Crippen molar-refractivity contribution in [1.29, 1.82) is 0 Å². The Bertz CT molecular complexity index is 434. The van der Waals surface area contributed by atoms with Crippen LogP contribution in [0.25, 0.3) is 0 Å². The molecule has 1 N–H and O–H groups in total. The van der Waals surface area contributed by atoms with Crippen molar-refractivity contribution in [1.82, 2.24) is 4.90 Å². The number of aliphatic hydroxyl groups is 1. The number of carbonyl (C=O) groups excluding carboxylic acids is 1. The van der Waals surface area contributed by atoms with Crippen LogP contribution in [0.1, 0.15) is 18.4 Å². The van der Waals surface area contributed by atoms with Gasteiger partial charge in [-0.1, -0.05) is 30.3 Å². The SMILES string of the molecule is O=C1[C@H](O)[C@@H]2OCCC[C@@H]2N1Cc1ccccc1. The minimum atomic E-state index is -0.987. The first-order valence-electron chi connectivity index (χ1n) is 6.41. The van der Waals surface area contributed by atoms with Crippen molar-refractivity contribution in [2.24, 2.45) is 0 Å². The van der Waals surface area contributed by atoms with Crippen LogP contribution in [-0.4, -0.2) is 40.8 Å². The molecule has 0 spiro atoms. The highest BCUT2D eigenvalue weighted by Crippen LogP contribution is 2.31. The normalized spacial score (nSPS) is 31.5. The number of hydrogen-bond donors (Lipinski definition) is 1. The maximum absolute atomic E-state index is 12.1. The van der Waals surface area contributed by atoms with Gasteiger partial charge >= 0.3 is 0 Å². The molecule has 3 rings (SSSR count). The summed E-state index contributed by atoms with van der Waals surface area (Å²) in [6, 6.07) is 9.90. The molecule has 1 amide bonds. The number of fused-ring (bicyclic) bond motifs is 1. The molecule has 1 aromatic rings. The highest BCUT2D eigenvalue weighted by Gasteiger charge is 2.48. The summed E-state index contributed by atoms with van der Waals surface area (Å²) in [5, 5.41) is 9.93. The lowest BCUT2D eigenvalue weighted by molar-refractivity contribution is -0.136. The largest absolute Gasteiger partial charge is 0.380 e. The number of likely N-dealkylation sites (tertiary alicyclic amines) is 1. The van der Waals surface area contributed by atoms with E-state index < -0.39 is 6.10 Å². The van der Waals surface area contributed by atoms with Crippen LogP contribution in [0.3, 0.4) is 0 Å². The van der Waals surface area contributed by atoms with Gasteiger partial charge in [-0.3, -0.25) is 4.79 Å². The van der Waals surface area contributed by atoms with E-state index in [1.165, 1.54) is 0 Å². The first-order chi connectivity index (χ1) is 8.77. The van der Waals surface area contributed by atoms with Gasteiger partial charge in [0.15, 0.2) is 6.10 Å². The first kappa shape index (κ1) is 11.7. The minimum Gasteiger partial charge on any atom is -0.380 e. The fraction of sp³-hybridized carbons (Fsp3) is 0.500. The van der Waals surface area contributed by atoms with Crippen molar-refractivity contribution in [3.8, 4) is 0 Å². The molecule has 4 nitrogen and oxygen atoms in total. The van der Waals surface area contributed by atoms with Gasteiger partial charge in [0.25, 0.3) is 5.91 Å². The van der Waals surface area contributed by atoms with E-state index in [1.807, 2.05) is 30.3 Å². The molecule has 0 radical (unpaired) electrons. The van der Waals surface area contributed by atoms with Crippen LogP contribution in [0, 0.1) is 0 Å². The maximum Gasteiger partial charge on any atom is 0.254 e. The third-order valence-electron chi connectivity index (χ3n) is 3.78. The van der Waals surface area contributed by atoms with Crippen molar-refractivity contribution >= 4 is 5.91 Å². The molecule has 2 heterocycles. The molecular weight excluding hydrogens is 230 g/mol. The number of amides is 1. The summed E-state index contributed by atoms with van der Waals surface area (Å²) in [5.41, 5.74) is 1.09. The third kappa shape index (κ3) is 1.91. The zero-order chi connectivity index (χ0) is 12.5. The molecule has 1 aromatic carbocycles. The molecule has 2 aliphatic heterocycles. The standard InChI is InChI=1S/C14H17NO3/c16-12-13-11(7-4-8-18-13)15(14(12)17)9-10-5-2-1-3-6-10/h1-3,5-6,11-13,16H,4,7-9H2/t11-,12+,13+/m0/s1. The topological polar surface area (TPSA) is 49.8 Å². The zero-order valence-electron chi connectivity index (χ0n) is 10.2. The van der Waals surface area contributed by atoms with Gasteiger partial charge in [-0.2, -0.15) is 0 Å². The van der Waals surface area contributed by atoms with Crippen LogP contribution in [0.15, 0.2) is 30.3 Å². The molecule has 18 heavy (non-hydrogen) atoms. The summed E-state index contributed by atoms with van der Waals surface area (Å²) >= 11 is 0. The van der Waals surface area contributed by atoms with Crippen LogP contribution in [0.2, 0.25) is 0 Å². The second-order valence-electron chi connectivity index (χ2n) is 4.94. The fourth-order valence-corrected chi connectivity index (χ4v) is 2.87. The molecule has 0 unspecified atom stereocenters. The zero-order valence-corrected chi connectivity index (χ0v) is 10.2. The Morgan fingerprint density at radius 2 is 2.11 bits per heavy atom. The summed E-state index contributed by atoms with van der Waals surface area (Å²) < 4.78 is 5.54. The van der Waals surface area contributed by atoms with Crippen LogP contribution in [0.4, 0.5) is 0 Å². The molecule has 0 aliphatic carbocycles. The number of rotatable bonds is 2.